The van der Waals surface area contributed by atoms with Gasteiger partial charge in [-0.1, -0.05) is 27.7 Å². The van der Waals surface area contributed by atoms with E-state index in [1.807, 2.05) is 11.8 Å². The number of amides is 1. The molecule has 2 rings (SSSR count). The van der Waals surface area contributed by atoms with Gasteiger partial charge in [0, 0.05) is 31.0 Å². The van der Waals surface area contributed by atoms with Gasteiger partial charge in [-0.05, 0) is 19.3 Å². The van der Waals surface area contributed by atoms with Crippen molar-refractivity contribution < 1.29 is 9.53 Å². The van der Waals surface area contributed by atoms with Crippen molar-refractivity contribution in [2.24, 2.45) is 23.0 Å². The highest BCUT2D eigenvalue weighted by atomic mass is 16.5. The van der Waals surface area contributed by atoms with Crippen molar-refractivity contribution in [2.45, 2.75) is 52.7 Å². The monoisotopic (exact) mass is 268 g/mol. The normalized spacial score (nSPS) is 35.9. The minimum atomic E-state index is -0.751. The molecule has 3 unspecified atom stereocenters. The Morgan fingerprint density at radius 1 is 1.47 bits per heavy atom. The van der Waals surface area contributed by atoms with Crippen LogP contribution in [0.25, 0.3) is 0 Å². The summed E-state index contributed by atoms with van der Waals surface area (Å²) in [5.41, 5.74) is 5.57. The highest BCUT2D eigenvalue weighted by molar-refractivity contribution is 5.89. The molecule has 4 heteroatoms. The van der Waals surface area contributed by atoms with E-state index in [9.17, 15) is 4.79 Å². The summed E-state index contributed by atoms with van der Waals surface area (Å²) in [6.45, 7) is 12.7. The standard InChI is InChI=1S/C15H28N2O2/c1-6-17(9-10(2)3)13(18)15(16)11-7-8-19-12(11)14(15,4)5/h10-12H,6-9,16H2,1-5H3. The van der Waals surface area contributed by atoms with E-state index in [0.717, 1.165) is 26.1 Å². The van der Waals surface area contributed by atoms with Crippen molar-refractivity contribution >= 4 is 5.91 Å². The highest BCUT2D eigenvalue weighted by Gasteiger charge is 2.71. The smallest absolute Gasteiger partial charge is 0.243 e. The maximum absolute atomic E-state index is 12.9. The molecule has 3 atom stereocenters. The molecule has 110 valence electrons. The molecule has 1 saturated heterocycles. The molecule has 2 N–H and O–H groups in total. The predicted molar refractivity (Wildman–Crippen MR) is 75.6 cm³/mol. The number of fused-ring (bicyclic) bond motifs is 1. The van der Waals surface area contributed by atoms with Crippen LogP contribution in [0, 0.1) is 17.3 Å². The van der Waals surface area contributed by atoms with E-state index in [0.29, 0.717) is 5.92 Å². The molecular formula is C15H28N2O2. The molecule has 0 spiro atoms. The molecule has 1 amide bonds. The molecule has 1 aliphatic carbocycles. The number of carbonyl (C=O) groups is 1. The van der Waals surface area contributed by atoms with Gasteiger partial charge in [0.2, 0.25) is 5.91 Å². The van der Waals surface area contributed by atoms with Crippen LogP contribution in [0.3, 0.4) is 0 Å². The fourth-order valence-corrected chi connectivity index (χ4v) is 3.88. The third-order valence-corrected chi connectivity index (χ3v) is 5.06. The Hall–Kier alpha value is -0.610. The van der Waals surface area contributed by atoms with Gasteiger partial charge in [-0.25, -0.2) is 0 Å². The van der Waals surface area contributed by atoms with Gasteiger partial charge in [0.25, 0.3) is 0 Å². The zero-order chi connectivity index (χ0) is 14.4. The number of hydrogen-bond donors (Lipinski definition) is 1. The zero-order valence-electron chi connectivity index (χ0n) is 12.9. The topological polar surface area (TPSA) is 55.6 Å². The summed E-state index contributed by atoms with van der Waals surface area (Å²) < 4.78 is 5.76. The number of ether oxygens (including phenoxy) is 1. The van der Waals surface area contributed by atoms with E-state index in [2.05, 4.69) is 27.7 Å². The molecule has 0 radical (unpaired) electrons. The molecule has 2 fully saturated rings. The van der Waals surface area contributed by atoms with Crippen molar-refractivity contribution in [2.75, 3.05) is 19.7 Å². The van der Waals surface area contributed by atoms with Gasteiger partial charge >= 0.3 is 0 Å². The summed E-state index contributed by atoms with van der Waals surface area (Å²) in [6, 6.07) is 0. The highest BCUT2D eigenvalue weighted by Crippen LogP contribution is 2.58. The van der Waals surface area contributed by atoms with Crippen LogP contribution >= 0.6 is 0 Å². The Morgan fingerprint density at radius 3 is 2.63 bits per heavy atom. The lowest BCUT2D eigenvalue weighted by Gasteiger charge is -2.61. The summed E-state index contributed by atoms with van der Waals surface area (Å²) in [5, 5.41) is 0. The van der Waals surface area contributed by atoms with Crippen molar-refractivity contribution in [3.05, 3.63) is 0 Å². The first kappa shape index (κ1) is 14.8. The predicted octanol–water partition coefficient (Wildman–Crippen LogP) is 1.63. The number of likely N-dealkylation sites (N-methyl/N-ethyl adjacent to an activating group) is 1. The quantitative estimate of drug-likeness (QED) is 0.843. The van der Waals surface area contributed by atoms with E-state index in [1.54, 1.807) is 0 Å². The molecule has 0 aromatic heterocycles. The lowest BCUT2D eigenvalue weighted by molar-refractivity contribution is -0.184. The Kier molecular flexibility index (Phi) is 3.69. The van der Waals surface area contributed by atoms with E-state index in [-0.39, 0.29) is 23.3 Å². The Bertz CT molecular complexity index is 367. The van der Waals surface area contributed by atoms with Crippen LogP contribution in [0.15, 0.2) is 0 Å². The summed E-state index contributed by atoms with van der Waals surface area (Å²) in [7, 11) is 0. The van der Waals surface area contributed by atoms with E-state index in [4.69, 9.17) is 10.5 Å². The first-order chi connectivity index (χ1) is 8.76. The Balaban J connectivity index is 2.21. The first-order valence-electron chi connectivity index (χ1n) is 7.46. The molecule has 0 aromatic rings. The molecule has 4 nitrogen and oxygen atoms in total. The van der Waals surface area contributed by atoms with Gasteiger partial charge < -0.3 is 15.4 Å². The summed E-state index contributed by atoms with van der Waals surface area (Å²) in [4.78, 5) is 14.8. The minimum absolute atomic E-state index is 0.112. The van der Waals surface area contributed by atoms with Crippen LogP contribution in [-0.4, -0.2) is 42.1 Å². The second-order valence-corrected chi connectivity index (χ2v) is 7.01. The first-order valence-corrected chi connectivity index (χ1v) is 7.46. The second-order valence-electron chi connectivity index (χ2n) is 7.01. The van der Waals surface area contributed by atoms with Gasteiger partial charge in [-0.2, -0.15) is 0 Å². The lowest BCUT2D eigenvalue weighted by Crippen LogP contribution is -2.80. The number of nitrogens with two attached hydrogens (primary N) is 1. The number of nitrogens with zero attached hydrogens (tertiary/aromatic N) is 1. The van der Waals surface area contributed by atoms with Crippen LogP contribution in [0.4, 0.5) is 0 Å². The Morgan fingerprint density at radius 2 is 2.11 bits per heavy atom. The summed E-state index contributed by atoms with van der Waals surface area (Å²) in [6.07, 6.45) is 1.06. The maximum atomic E-state index is 12.9. The van der Waals surface area contributed by atoms with Crippen molar-refractivity contribution in [3.8, 4) is 0 Å². The molecule has 1 saturated carbocycles. The number of rotatable bonds is 4. The molecule has 1 heterocycles. The lowest BCUT2D eigenvalue weighted by atomic mass is 9.47. The summed E-state index contributed by atoms with van der Waals surface area (Å²) >= 11 is 0. The van der Waals surface area contributed by atoms with Gasteiger partial charge in [0.05, 0.1) is 6.10 Å². The van der Waals surface area contributed by atoms with E-state index in [1.165, 1.54) is 0 Å². The molecule has 0 bridgehead atoms. The largest absolute Gasteiger partial charge is 0.377 e. The minimum Gasteiger partial charge on any atom is -0.377 e. The van der Waals surface area contributed by atoms with Crippen molar-refractivity contribution in [1.82, 2.24) is 4.90 Å². The van der Waals surface area contributed by atoms with E-state index >= 15 is 0 Å². The second kappa shape index (κ2) is 4.74. The van der Waals surface area contributed by atoms with Crippen LogP contribution < -0.4 is 5.73 Å². The fraction of sp³-hybridized carbons (Fsp3) is 0.933. The van der Waals surface area contributed by atoms with Crippen LogP contribution in [0.1, 0.15) is 41.0 Å². The molecular weight excluding hydrogens is 240 g/mol. The van der Waals surface area contributed by atoms with Crippen LogP contribution in [0.5, 0.6) is 0 Å². The molecule has 0 aromatic carbocycles. The van der Waals surface area contributed by atoms with Gasteiger partial charge in [0.1, 0.15) is 5.54 Å². The molecule has 19 heavy (non-hydrogen) atoms. The fourth-order valence-electron chi connectivity index (χ4n) is 3.88. The zero-order valence-corrected chi connectivity index (χ0v) is 12.9. The van der Waals surface area contributed by atoms with Crippen LogP contribution in [0.2, 0.25) is 0 Å². The summed E-state index contributed by atoms with van der Waals surface area (Å²) in [5.74, 6) is 0.767. The Labute approximate surface area is 116 Å². The van der Waals surface area contributed by atoms with E-state index < -0.39 is 5.54 Å². The number of carbonyl (C=O) groups excluding carboxylic acids is 1. The van der Waals surface area contributed by atoms with Crippen molar-refractivity contribution in [3.63, 3.8) is 0 Å². The maximum Gasteiger partial charge on any atom is 0.243 e. The SMILES string of the molecule is CCN(CC(C)C)C(=O)C1(N)C2CCOC2C1(C)C. The molecule has 1 aliphatic heterocycles. The number of hydrogen-bond acceptors (Lipinski definition) is 3. The third kappa shape index (κ3) is 1.91. The third-order valence-electron chi connectivity index (χ3n) is 5.06. The average molecular weight is 268 g/mol. The van der Waals surface area contributed by atoms with Gasteiger partial charge in [-0.3, -0.25) is 4.79 Å². The molecule has 2 aliphatic rings. The van der Waals surface area contributed by atoms with Gasteiger partial charge in [-0.15, -0.1) is 0 Å². The van der Waals surface area contributed by atoms with Gasteiger partial charge in [0.15, 0.2) is 0 Å². The van der Waals surface area contributed by atoms with Crippen LogP contribution in [-0.2, 0) is 9.53 Å². The average Bonchev–Trinajstić information content (AvgIpc) is 2.81. The van der Waals surface area contributed by atoms with Crippen molar-refractivity contribution in [1.29, 1.82) is 0 Å².